The number of nitrogens with one attached hydrogen (secondary N) is 1. The summed E-state index contributed by atoms with van der Waals surface area (Å²) < 4.78 is 11.0. The molecule has 0 aliphatic heterocycles. The molecule has 1 atom stereocenters. The van der Waals surface area contributed by atoms with Crippen molar-refractivity contribution in [1.82, 2.24) is 10.3 Å². The van der Waals surface area contributed by atoms with E-state index in [0.717, 1.165) is 5.01 Å². The van der Waals surface area contributed by atoms with E-state index in [1.165, 1.54) is 11.3 Å². The van der Waals surface area contributed by atoms with E-state index in [1.54, 1.807) is 13.3 Å². The van der Waals surface area contributed by atoms with E-state index in [0.29, 0.717) is 22.9 Å². The van der Waals surface area contributed by atoms with Gasteiger partial charge in [-0.15, -0.1) is 11.3 Å². The van der Waals surface area contributed by atoms with E-state index >= 15 is 0 Å². The predicted octanol–water partition coefficient (Wildman–Crippen LogP) is 2.66. The van der Waals surface area contributed by atoms with E-state index in [4.69, 9.17) is 9.47 Å². The van der Waals surface area contributed by atoms with Crippen LogP contribution >= 0.6 is 11.3 Å². The Bertz CT molecular complexity index is 612. The minimum atomic E-state index is -0.167. The summed E-state index contributed by atoms with van der Waals surface area (Å²) >= 11 is 1.37. The molecule has 1 N–H and O–H groups in total. The van der Waals surface area contributed by atoms with Crippen LogP contribution in [0.2, 0.25) is 0 Å². The molecule has 0 spiro atoms. The third-order valence-corrected chi connectivity index (χ3v) is 3.70. The fourth-order valence-electron chi connectivity index (χ4n) is 1.76. The highest BCUT2D eigenvalue weighted by molar-refractivity contribution is 7.13. The van der Waals surface area contributed by atoms with Crippen molar-refractivity contribution in [2.45, 2.75) is 20.0 Å². The molecule has 2 rings (SSSR count). The molecule has 0 aliphatic carbocycles. The molecule has 1 aromatic heterocycles. The Morgan fingerprint density at radius 3 is 2.71 bits per heavy atom. The Balaban J connectivity index is 1.87. The number of rotatable bonds is 6. The molecule has 1 heterocycles. The lowest BCUT2D eigenvalue weighted by molar-refractivity contribution is 0.0935. The maximum Gasteiger partial charge on any atom is 0.263 e. The van der Waals surface area contributed by atoms with Crippen molar-refractivity contribution in [2.75, 3.05) is 13.7 Å². The van der Waals surface area contributed by atoms with Gasteiger partial charge in [0.05, 0.1) is 24.9 Å². The number of benzene rings is 1. The van der Waals surface area contributed by atoms with E-state index in [1.807, 2.05) is 38.1 Å². The van der Waals surface area contributed by atoms with E-state index in [-0.39, 0.29) is 12.0 Å². The molecule has 1 amide bonds. The summed E-state index contributed by atoms with van der Waals surface area (Å²) in [4.78, 5) is 16.6. The lowest BCUT2D eigenvalue weighted by Gasteiger charge is -2.17. The minimum absolute atomic E-state index is 0.129. The Morgan fingerprint density at radius 1 is 1.38 bits per heavy atom. The van der Waals surface area contributed by atoms with Crippen molar-refractivity contribution >= 4 is 17.2 Å². The number of para-hydroxylation sites is 2. The molecule has 6 heteroatoms. The van der Waals surface area contributed by atoms with Crippen LogP contribution in [0.3, 0.4) is 0 Å². The van der Waals surface area contributed by atoms with Gasteiger partial charge in [-0.1, -0.05) is 12.1 Å². The zero-order valence-electron chi connectivity index (χ0n) is 12.3. The number of amides is 1. The Morgan fingerprint density at radius 2 is 2.10 bits per heavy atom. The molecule has 21 heavy (non-hydrogen) atoms. The molecule has 0 fully saturated rings. The largest absolute Gasteiger partial charge is 0.493 e. The zero-order chi connectivity index (χ0) is 15.2. The van der Waals surface area contributed by atoms with Crippen LogP contribution in [0.5, 0.6) is 11.5 Å². The number of aryl methyl sites for hydroxylation is 1. The molecule has 0 radical (unpaired) electrons. The average Bonchev–Trinajstić information content (AvgIpc) is 2.92. The van der Waals surface area contributed by atoms with Crippen LogP contribution in [-0.4, -0.2) is 30.6 Å². The van der Waals surface area contributed by atoms with Crippen molar-refractivity contribution in [1.29, 1.82) is 0 Å². The SMILES string of the molecule is COc1ccccc1O[C@@H](C)CNC(=O)c1cnc(C)s1. The Hall–Kier alpha value is -2.08. The minimum Gasteiger partial charge on any atom is -0.493 e. The molecule has 0 bridgehead atoms. The summed E-state index contributed by atoms with van der Waals surface area (Å²) in [5, 5.41) is 3.71. The van der Waals surface area contributed by atoms with E-state index in [9.17, 15) is 4.79 Å². The van der Waals surface area contributed by atoms with Gasteiger partial charge >= 0.3 is 0 Å². The number of methoxy groups -OCH3 is 1. The normalized spacial score (nSPS) is 11.8. The maximum absolute atomic E-state index is 11.9. The van der Waals surface area contributed by atoms with Crippen molar-refractivity contribution in [2.24, 2.45) is 0 Å². The van der Waals surface area contributed by atoms with Crippen molar-refractivity contribution < 1.29 is 14.3 Å². The molecular formula is C15H18N2O3S. The van der Waals surface area contributed by atoms with Crippen molar-refractivity contribution in [3.05, 3.63) is 40.3 Å². The van der Waals surface area contributed by atoms with Gasteiger partial charge in [-0.25, -0.2) is 4.98 Å². The lowest BCUT2D eigenvalue weighted by atomic mass is 10.3. The maximum atomic E-state index is 11.9. The van der Waals surface area contributed by atoms with Crippen LogP contribution in [0.25, 0.3) is 0 Å². The molecule has 0 saturated heterocycles. The summed E-state index contributed by atoms with van der Waals surface area (Å²) in [5.74, 6) is 1.21. The molecule has 112 valence electrons. The van der Waals surface area contributed by atoms with Gasteiger partial charge in [-0.2, -0.15) is 0 Å². The second kappa shape index (κ2) is 7.08. The number of ether oxygens (including phenoxy) is 2. The highest BCUT2D eigenvalue weighted by Gasteiger charge is 2.12. The van der Waals surface area contributed by atoms with Gasteiger partial charge in [-0.05, 0) is 26.0 Å². The Kier molecular flexibility index (Phi) is 5.16. The lowest BCUT2D eigenvalue weighted by Crippen LogP contribution is -2.33. The second-order valence-corrected chi connectivity index (χ2v) is 5.77. The number of carbonyl (C=O) groups is 1. The first-order chi connectivity index (χ1) is 10.1. The molecule has 1 aromatic carbocycles. The summed E-state index contributed by atoms with van der Waals surface area (Å²) in [6, 6.07) is 7.43. The summed E-state index contributed by atoms with van der Waals surface area (Å²) in [7, 11) is 1.60. The first kappa shape index (κ1) is 15.3. The number of hydrogen-bond donors (Lipinski definition) is 1. The first-order valence-electron chi connectivity index (χ1n) is 6.60. The number of nitrogens with zero attached hydrogens (tertiary/aromatic N) is 1. The number of hydrogen-bond acceptors (Lipinski definition) is 5. The first-order valence-corrected chi connectivity index (χ1v) is 7.42. The summed E-state index contributed by atoms with van der Waals surface area (Å²) in [6.07, 6.45) is 1.42. The smallest absolute Gasteiger partial charge is 0.263 e. The van der Waals surface area contributed by atoms with Crippen LogP contribution in [0.4, 0.5) is 0 Å². The topological polar surface area (TPSA) is 60.5 Å². The highest BCUT2D eigenvalue weighted by atomic mass is 32.1. The third kappa shape index (κ3) is 4.19. The molecular weight excluding hydrogens is 288 g/mol. The second-order valence-electron chi connectivity index (χ2n) is 4.53. The average molecular weight is 306 g/mol. The van der Waals surface area contributed by atoms with Crippen LogP contribution < -0.4 is 14.8 Å². The fourth-order valence-corrected chi connectivity index (χ4v) is 2.46. The zero-order valence-corrected chi connectivity index (χ0v) is 13.1. The van der Waals surface area contributed by atoms with Crippen LogP contribution in [0.15, 0.2) is 30.5 Å². The molecule has 0 unspecified atom stereocenters. The standard InChI is InChI=1S/C15H18N2O3S/c1-10(20-13-7-5-4-6-12(13)19-3)8-17-15(18)14-9-16-11(2)21-14/h4-7,9-10H,8H2,1-3H3,(H,17,18)/t10-/m0/s1. The molecule has 0 saturated carbocycles. The van der Waals surface area contributed by atoms with Crippen LogP contribution in [0.1, 0.15) is 21.6 Å². The van der Waals surface area contributed by atoms with E-state index in [2.05, 4.69) is 10.3 Å². The quantitative estimate of drug-likeness (QED) is 0.891. The molecule has 0 aliphatic rings. The summed E-state index contributed by atoms with van der Waals surface area (Å²) in [5.41, 5.74) is 0. The van der Waals surface area contributed by atoms with Crippen molar-refractivity contribution in [3.63, 3.8) is 0 Å². The van der Waals surface area contributed by atoms with Gasteiger partial charge in [0, 0.05) is 0 Å². The van der Waals surface area contributed by atoms with Gasteiger partial charge in [0.15, 0.2) is 11.5 Å². The third-order valence-electron chi connectivity index (χ3n) is 2.79. The monoisotopic (exact) mass is 306 g/mol. The van der Waals surface area contributed by atoms with Crippen LogP contribution in [-0.2, 0) is 0 Å². The fraction of sp³-hybridized carbons (Fsp3) is 0.333. The van der Waals surface area contributed by atoms with Crippen molar-refractivity contribution in [3.8, 4) is 11.5 Å². The van der Waals surface area contributed by atoms with Crippen LogP contribution in [0, 0.1) is 6.92 Å². The molecule has 2 aromatic rings. The van der Waals surface area contributed by atoms with Gasteiger partial charge in [0.25, 0.3) is 5.91 Å². The predicted molar refractivity (Wildman–Crippen MR) is 82.3 cm³/mol. The summed E-state index contributed by atoms with van der Waals surface area (Å²) in [6.45, 7) is 4.17. The van der Waals surface area contributed by atoms with Gasteiger partial charge in [0.2, 0.25) is 0 Å². The number of carbonyl (C=O) groups excluding carboxylic acids is 1. The molecule has 5 nitrogen and oxygen atoms in total. The van der Waals surface area contributed by atoms with Gasteiger partial charge in [0.1, 0.15) is 11.0 Å². The number of thiazole rings is 1. The Labute approximate surface area is 127 Å². The van der Waals surface area contributed by atoms with E-state index < -0.39 is 0 Å². The number of aromatic nitrogens is 1. The highest BCUT2D eigenvalue weighted by Crippen LogP contribution is 2.26. The van der Waals surface area contributed by atoms with Gasteiger partial charge < -0.3 is 14.8 Å². The van der Waals surface area contributed by atoms with Gasteiger partial charge in [-0.3, -0.25) is 4.79 Å².